The van der Waals surface area contributed by atoms with Crippen LogP contribution >= 0.6 is 15.9 Å². The number of para-hydroxylation sites is 2. The molecule has 4 aromatic carbocycles. The monoisotopic (exact) mass is 698 g/mol. The second-order valence-electron chi connectivity index (χ2n) is 13.0. The van der Waals surface area contributed by atoms with Gasteiger partial charge in [-0.1, -0.05) is 73.1 Å². The molecule has 0 aromatic heterocycles. The zero-order chi connectivity index (χ0) is 34.3. The molecule has 4 aromatic rings. The lowest BCUT2D eigenvalue weighted by atomic mass is 9.83. The Labute approximate surface area is 283 Å². The van der Waals surface area contributed by atoms with Gasteiger partial charge in [-0.15, -0.1) is 0 Å². The van der Waals surface area contributed by atoms with Gasteiger partial charge < -0.3 is 25.6 Å². The first-order valence-corrected chi connectivity index (χ1v) is 16.1. The molecule has 0 fully saturated rings. The average Bonchev–Trinajstić information content (AvgIpc) is 3.17. The molecule has 3 N–H and O–H groups in total. The van der Waals surface area contributed by atoms with Crippen LogP contribution in [0, 0.1) is 11.3 Å². The van der Waals surface area contributed by atoms with Crippen LogP contribution in [0.25, 0.3) is 10.8 Å². The predicted octanol–water partition coefficient (Wildman–Crippen LogP) is 6.11. The van der Waals surface area contributed by atoms with Crippen LogP contribution in [0.5, 0.6) is 5.75 Å². The van der Waals surface area contributed by atoms with E-state index in [4.69, 9.17) is 10.5 Å². The maximum Gasteiger partial charge on any atom is 0.258 e. The Balaban J connectivity index is 1.67. The fourth-order valence-corrected chi connectivity index (χ4v) is 6.43. The molecule has 5 rings (SSSR count). The zero-order valence-corrected chi connectivity index (χ0v) is 29.0. The van der Waals surface area contributed by atoms with Crippen molar-refractivity contribution in [3.05, 3.63) is 100 Å². The van der Waals surface area contributed by atoms with Crippen LogP contribution in [0.4, 0.5) is 11.4 Å². The molecule has 244 valence electrons. The van der Waals surface area contributed by atoms with E-state index in [0.717, 1.165) is 20.8 Å². The van der Waals surface area contributed by atoms with Gasteiger partial charge in [0.05, 0.1) is 30.9 Å². The second kappa shape index (κ2) is 12.9. The summed E-state index contributed by atoms with van der Waals surface area (Å²) < 4.78 is 6.68. The number of carbonyl (C=O) groups is 4. The highest BCUT2D eigenvalue weighted by Crippen LogP contribution is 2.40. The lowest BCUT2D eigenvalue weighted by Crippen LogP contribution is -2.63. The van der Waals surface area contributed by atoms with Crippen LogP contribution in [-0.2, 0) is 16.1 Å². The maximum atomic E-state index is 14.8. The molecule has 9 nitrogen and oxygen atoms in total. The van der Waals surface area contributed by atoms with Crippen molar-refractivity contribution in [2.24, 2.45) is 17.1 Å². The number of hydrogen-bond donors (Lipinski definition) is 2. The Morgan fingerprint density at radius 2 is 1.57 bits per heavy atom. The maximum absolute atomic E-state index is 14.8. The predicted molar refractivity (Wildman–Crippen MR) is 188 cm³/mol. The number of nitrogens with one attached hydrogen (secondary N) is 1. The number of nitrogens with two attached hydrogens (primary N) is 1. The standard InChI is InChI=1S/C37H39BrN4O5/c1-36(2,3)32(43)22-11-13-23(14-12-22)33(44)42-21-28(37(4,40-5)35(39)46)34(45)41(29-9-7-8-10-30(29)42)20-27-26-17-16-25(38)19-24(26)15-18-31(27)47-6/h7-19,28,40H,20-21H2,1-6H3,(H2,39,46)/t28-,37?/m1/s1. The van der Waals surface area contributed by atoms with Crippen LogP contribution in [0.2, 0.25) is 0 Å². The number of fused-ring (bicyclic) bond motifs is 2. The van der Waals surface area contributed by atoms with Crippen molar-refractivity contribution in [3.63, 3.8) is 0 Å². The minimum Gasteiger partial charge on any atom is -0.496 e. The van der Waals surface area contributed by atoms with Crippen molar-refractivity contribution < 1.29 is 23.9 Å². The number of ether oxygens (including phenoxy) is 1. The third-order valence-corrected chi connectivity index (χ3v) is 9.52. The Bertz CT molecular complexity index is 1880. The van der Waals surface area contributed by atoms with Crippen molar-refractivity contribution in [1.82, 2.24) is 5.32 Å². The molecule has 2 atom stereocenters. The molecule has 0 saturated heterocycles. The fourth-order valence-electron chi connectivity index (χ4n) is 6.05. The first-order valence-electron chi connectivity index (χ1n) is 15.3. The van der Waals surface area contributed by atoms with Crippen molar-refractivity contribution in [3.8, 4) is 5.75 Å². The number of halogens is 1. The summed E-state index contributed by atoms with van der Waals surface area (Å²) in [6, 6.07) is 23.4. The number of benzene rings is 4. The molecule has 0 spiro atoms. The van der Waals surface area contributed by atoms with E-state index in [2.05, 4.69) is 21.2 Å². The molecule has 0 radical (unpaired) electrons. The van der Waals surface area contributed by atoms with Crippen LogP contribution in [0.1, 0.15) is 54.0 Å². The van der Waals surface area contributed by atoms with E-state index in [0.29, 0.717) is 28.3 Å². The summed E-state index contributed by atoms with van der Waals surface area (Å²) in [5.41, 5.74) is 6.44. The number of nitrogens with zero attached hydrogens (tertiary/aromatic N) is 2. The van der Waals surface area contributed by atoms with Gasteiger partial charge in [0.15, 0.2) is 5.78 Å². The van der Waals surface area contributed by atoms with E-state index < -0.39 is 22.8 Å². The van der Waals surface area contributed by atoms with E-state index >= 15 is 0 Å². The van der Waals surface area contributed by atoms with Gasteiger partial charge in [-0.2, -0.15) is 0 Å². The lowest BCUT2D eigenvalue weighted by Gasteiger charge is -2.36. The van der Waals surface area contributed by atoms with Gasteiger partial charge in [-0.05, 0) is 67.2 Å². The third-order valence-electron chi connectivity index (χ3n) is 9.03. The highest BCUT2D eigenvalue weighted by Gasteiger charge is 2.49. The molecule has 0 saturated carbocycles. The van der Waals surface area contributed by atoms with Crippen LogP contribution in [-0.4, -0.2) is 49.7 Å². The molecule has 1 aliphatic rings. The number of Topliss-reactive ketones (excluding diaryl/α,β-unsaturated/α-hetero) is 1. The number of amides is 3. The van der Waals surface area contributed by atoms with E-state index in [9.17, 15) is 19.2 Å². The first-order chi connectivity index (χ1) is 22.2. The first kappa shape index (κ1) is 33.8. The van der Waals surface area contributed by atoms with Gasteiger partial charge in [0.25, 0.3) is 5.91 Å². The van der Waals surface area contributed by atoms with E-state index in [1.807, 2.05) is 51.1 Å². The summed E-state index contributed by atoms with van der Waals surface area (Å²) in [6.45, 7) is 7.07. The summed E-state index contributed by atoms with van der Waals surface area (Å²) in [7, 11) is 3.15. The lowest BCUT2D eigenvalue weighted by molar-refractivity contribution is -0.133. The largest absolute Gasteiger partial charge is 0.496 e. The van der Waals surface area contributed by atoms with Gasteiger partial charge in [-0.3, -0.25) is 19.2 Å². The van der Waals surface area contributed by atoms with Gasteiger partial charge in [-0.25, -0.2) is 0 Å². The summed E-state index contributed by atoms with van der Waals surface area (Å²) in [5.74, 6) is -2.02. The van der Waals surface area contributed by atoms with E-state index in [-0.39, 0.29) is 30.7 Å². The quantitative estimate of drug-likeness (QED) is 0.214. The number of hydrogen-bond acceptors (Lipinski definition) is 6. The smallest absolute Gasteiger partial charge is 0.258 e. The van der Waals surface area contributed by atoms with Gasteiger partial charge in [0, 0.05) is 33.1 Å². The normalized spacial score (nSPS) is 16.3. The van der Waals surface area contributed by atoms with Gasteiger partial charge in [0.2, 0.25) is 11.8 Å². The molecule has 1 unspecified atom stereocenters. The highest BCUT2D eigenvalue weighted by atomic mass is 79.9. The third kappa shape index (κ3) is 6.27. The molecule has 47 heavy (non-hydrogen) atoms. The molecule has 1 aliphatic heterocycles. The number of likely N-dealkylation sites (N-methyl/N-ethyl adjacent to an activating group) is 1. The Kier molecular flexibility index (Phi) is 9.30. The molecular formula is C37H39BrN4O5. The molecule has 3 amide bonds. The summed E-state index contributed by atoms with van der Waals surface area (Å²) in [4.78, 5) is 58.2. The van der Waals surface area contributed by atoms with Crippen molar-refractivity contribution in [2.45, 2.75) is 39.8 Å². The topological polar surface area (TPSA) is 122 Å². The van der Waals surface area contributed by atoms with Crippen molar-refractivity contribution >= 4 is 61.6 Å². The fraction of sp³-hybridized carbons (Fsp3) is 0.297. The van der Waals surface area contributed by atoms with Crippen molar-refractivity contribution in [1.29, 1.82) is 0 Å². The summed E-state index contributed by atoms with van der Waals surface area (Å²) in [5, 5.41) is 4.82. The summed E-state index contributed by atoms with van der Waals surface area (Å²) in [6.07, 6.45) is 0. The number of primary amides is 1. The second-order valence-corrected chi connectivity index (χ2v) is 13.9. The molecule has 0 bridgehead atoms. The Morgan fingerprint density at radius 1 is 0.936 bits per heavy atom. The number of carbonyl (C=O) groups excluding carboxylic acids is 4. The number of methoxy groups -OCH3 is 1. The molecule has 1 heterocycles. The Hall–Kier alpha value is -4.54. The summed E-state index contributed by atoms with van der Waals surface area (Å²) >= 11 is 3.54. The SMILES string of the molecule is CNC(C)(C(N)=O)[C@@H]1CN(C(=O)c2ccc(C(=O)C(C)(C)C)cc2)c2ccccc2N(Cc2c(OC)ccc3cc(Br)ccc23)C1=O. The minimum absolute atomic E-state index is 0.0413. The van der Waals surface area contributed by atoms with Gasteiger partial charge >= 0.3 is 0 Å². The van der Waals surface area contributed by atoms with Crippen LogP contribution in [0.3, 0.4) is 0 Å². The molecule has 10 heteroatoms. The van der Waals surface area contributed by atoms with Crippen LogP contribution < -0.4 is 25.6 Å². The number of anilines is 2. The minimum atomic E-state index is -1.51. The number of ketones is 1. The van der Waals surface area contributed by atoms with E-state index in [1.54, 1.807) is 74.5 Å². The average molecular weight is 700 g/mol. The molecule has 0 aliphatic carbocycles. The molecular weight excluding hydrogens is 660 g/mol. The Morgan fingerprint density at radius 3 is 2.17 bits per heavy atom. The zero-order valence-electron chi connectivity index (χ0n) is 27.4. The van der Waals surface area contributed by atoms with E-state index in [1.165, 1.54) is 4.90 Å². The van der Waals surface area contributed by atoms with Crippen LogP contribution in [0.15, 0.2) is 83.3 Å². The highest BCUT2D eigenvalue weighted by molar-refractivity contribution is 9.10. The number of rotatable bonds is 8. The van der Waals surface area contributed by atoms with Crippen molar-refractivity contribution in [2.75, 3.05) is 30.5 Å². The van der Waals surface area contributed by atoms with Gasteiger partial charge in [0.1, 0.15) is 11.3 Å².